The van der Waals surface area contributed by atoms with Gasteiger partial charge in [0, 0.05) is 19.1 Å². The van der Waals surface area contributed by atoms with Crippen molar-refractivity contribution in [2.24, 2.45) is 0 Å². The maximum absolute atomic E-state index is 13.3. The van der Waals surface area contributed by atoms with Gasteiger partial charge in [-0.2, -0.15) is 4.31 Å². The van der Waals surface area contributed by atoms with Gasteiger partial charge in [0.05, 0.1) is 30.8 Å². The Hall–Kier alpha value is -0.990. The molecule has 0 spiro atoms. The number of aryl methyl sites for hydroxylation is 1. The molecule has 2 aliphatic heterocycles. The molecule has 1 N–H and O–H groups in total. The average molecular weight is 368 g/mol. The smallest absolute Gasteiger partial charge is 0.243 e. The third-order valence-electron chi connectivity index (χ3n) is 4.88. The fourth-order valence-electron chi connectivity index (χ4n) is 3.40. The van der Waals surface area contributed by atoms with Crippen LogP contribution in [0.5, 0.6) is 0 Å². The Kier molecular flexibility index (Phi) is 6.46. The van der Waals surface area contributed by atoms with E-state index in [0.29, 0.717) is 37.8 Å². The summed E-state index contributed by atoms with van der Waals surface area (Å²) in [6.45, 7) is 5.56. The Morgan fingerprint density at radius 3 is 2.64 bits per heavy atom. The van der Waals surface area contributed by atoms with Gasteiger partial charge in [-0.3, -0.25) is 0 Å². The van der Waals surface area contributed by atoms with E-state index in [1.807, 2.05) is 12.1 Å². The van der Waals surface area contributed by atoms with Crippen LogP contribution in [0.3, 0.4) is 0 Å². The number of hydrogen-bond acceptors (Lipinski definition) is 5. The fourth-order valence-corrected chi connectivity index (χ4v) is 5.08. The van der Waals surface area contributed by atoms with Crippen LogP contribution < -0.4 is 5.32 Å². The highest BCUT2D eigenvalue weighted by atomic mass is 32.2. The van der Waals surface area contributed by atoms with E-state index < -0.39 is 10.0 Å². The SMILES string of the molecule is CCc1ccc(S(=O)(=O)N(CC2COCCO2)C2CCCNC2)cc1. The number of rotatable bonds is 6. The normalized spacial score (nSPS) is 25.2. The predicted octanol–water partition coefficient (Wildman–Crippen LogP) is 1.41. The molecule has 25 heavy (non-hydrogen) atoms. The number of nitrogens with one attached hydrogen (secondary N) is 1. The van der Waals surface area contributed by atoms with E-state index in [9.17, 15) is 8.42 Å². The summed E-state index contributed by atoms with van der Waals surface area (Å²) in [5.41, 5.74) is 1.13. The van der Waals surface area contributed by atoms with Crippen LogP contribution in [0.2, 0.25) is 0 Å². The highest BCUT2D eigenvalue weighted by Gasteiger charge is 2.35. The lowest BCUT2D eigenvalue weighted by molar-refractivity contribution is -0.0940. The van der Waals surface area contributed by atoms with Crippen molar-refractivity contribution in [2.75, 3.05) is 39.5 Å². The first-order chi connectivity index (χ1) is 12.1. The zero-order valence-electron chi connectivity index (χ0n) is 14.8. The molecule has 0 aliphatic carbocycles. The molecule has 0 saturated carbocycles. The Balaban J connectivity index is 1.84. The molecule has 2 fully saturated rings. The van der Waals surface area contributed by atoms with Crippen molar-refractivity contribution < 1.29 is 17.9 Å². The van der Waals surface area contributed by atoms with Crippen molar-refractivity contribution in [3.8, 4) is 0 Å². The van der Waals surface area contributed by atoms with Gasteiger partial charge in [0.1, 0.15) is 0 Å². The van der Waals surface area contributed by atoms with E-state index >= 15 is 0 Å². The minimum atomic E-state index is -3.57. The third kappa shape index (κ3) is 4.60. The van der Waals surface area contributed by atoms with Crippen LogP contribution in [-0.4, -0.2) is 64.3 Å². The summed E-state index contributed by atoms with van der Waals surface area (Å²) >= 11 is 0. The molecule has 0 bridgehead atoms. The van der Waals surface area contributed by atoms with Crippen molar-refractivity contribution >= 4 is 10.0 Å². The Morgan fingerprint density at radius 1 is 1.24 bits per heavy atom. The maximum atomic E-state index is 13.3. The number of hydrogen-bond donors (Lipinski definition) is 1. The molecular formula is C18H28N2O4S. The first-order valence-electron chi connectivity index (χ1n) is 9.12. The number of benzene rings is 1. The highest BCUT2D eigenvalue weighted by molar-refractivity contribution is 7.89. The molecule has 3 rings (SSSR count). The molecule has 2 atom stereocenters. The minimum Gasteiger partial charge on any atom is -0.376 e. The van der Waals surface area contributed by atoms with Crippen molar-refractivity contribution in [2.45, 2.75) is 43.2 Å². The van der Waals surface area contributed by atoms with Crippen LogP contribution in [-0.2, 0) is 25.9 Å². The molecular weight excluding hydrogens is 340 g/mol. The van der Waals surface area contributed by atoms with Gasteiger partial charge in [0.2, 0.25) is 10.0 Å². The molecule has 2 aliphatic rings. The quantitative estimate of drug-likeness (QED) is 0.822. The van der Waals surface area contributed by atoms with Gasteiger partial charge in [-0.1, -0.05) is 19.1 Å². The molecule has 140 valence electrons. The molecule has 0 amide bonds. The second kappa shape index (κ2) is 8.60. The molecule has 0 aromatic heterocycles. The van der Waals surface area contributed by atoms with E-state index in [2.05, 4.69) is 12.2 Å². The summed E-state index contributed by atoms with van der Waals surface area (Å²) in [6, 6.07) is 7.18. The van der Waals surface area contributed by atoms with E-state index in [4.69, 9.17) is 9.47 Å². The van der Waals surface area contributed by atoms with Gasteiger partial charge in [-0.05, 0) is 43.5 Å². The van der Waals surface area contributed by atoms with E-state index in [-0.39, 0.29) is 12.1 Å². The van der Waals surface area contributed by atoms with Crippen molar-refractivity contribution in [1.82, 2.24) is 9.62 Å². The van der Waals surface area contributed by atoms with Crippen LogP contribution in [0, 0.1) is 0 Å². The van der Waals surface area contributed by atoms with Gasteiger partial charge < -0.3 is 14.8 Å². The lowest BCUT2D eigenvalue weighted by Crippen LogP contribution is -2.52. The van der Waals surface area contributed by atoms with Crippen LogP contribution >= 0.6 is 0 Å². The molecule has 6 nitrogen and oxygen atoms in total. The van der Waals surface area contributed by atoms with Crippen LogP contribution in [0.25, 0.3) is 0 Å². The van der Waals surface area contributed by atoms with Gasteiger partial charge in [-0.15, -0.1) is 0 Å². The van der Waals surface area contributed by atoms with Gasteiger partial charge in [-0.25, -0.2) is 8.42 Å². The van der Waals surface area contributed by atoms with E-state index in [1.165, 1.54) is 0 Å². The molecule has 2 unspecified atom stereocenters. The van der Waals surface area contributed by atoms with Gasteiger partial charge in [0.25, 0.3) is 0 Å². The number of sulfonamides is 1. The summed E-state index contributed by atoms with van der Waals surface area (Å²) in [5, 5.41) is 3.32. The Morgan fingerprint density at radius 2 is 2.04 bits per heavy atom. The summed E-state index contributed by atoms with van der Waals surface area (Å²) in [5.74, 6) is 0. The Labute approximate surface area is 150 Å². The van der Waals surface area contributed by atoms with Crippen LogP contribution in [0.1, 0.15) is 25.3 Å². The van der Waals surface area contributed by atoms with Crippen molar-refractivity contribution in [3.63, 3.8) is 0 Å². The number of piperidine rings is 1. The van der Waals surface area contributed by atoms with Gasteiger partial charge in [0.15, 0.2) is 0 Å². The largest absolute Gasteiger partial charge is 0.376 e. The van der Waals surface area contributed by atoms with Crippen molar-refractivity contribution in [1.29, 1.82) is 0 Å². The molecule has 2 heterocycles. The minimum absolute atomic E-state index is 0.0462. The van der Waals surface area contributed by atoms with Crippen LogP contribution in [0.15, 0.2) is 29.2 Å². The van der Waals surface area contributed by atoms with Crippen LogP contribution in [0.4, 0.5) is 0 Å². The molecule has 1 aromatic carbocycles. The van der Waals surface area contributed by atoms with E-state index in [1.54, 1.807) is 16.4 Å². The molecule has 1 aromatic rings. The lowest BCUT2D eigenvalue weighted by atomic mass is 10.1. The Bertz CT molecular complexity index is 636. The molecule has 7 heteroatoms. The third-order valence-corrected chi connectivity index (χ3v) is 6.82. The average Bonchev–Trinajstić information content (AvgIpc) is 2.67. The zero-order valence-corrected chi connectivity index (χ0v) is 15.6. The highest BCUT2D eigenvalue weighted by Crippen LogP contribution is 2.23. The van der Waals surface area contributed by atoms with Gasteiger partial charge >= 0.3 is 0 Å². The fraction of sp³-hybridized carbons (Fsp3) is 0.667. The molecule has 2 saturated heterocycles. The number of nitrogens with zero attached hydrogens (tertiary/aromatic N) is 1. The summed E-state index contributed by atoms with van der Waals surface area (Å²) in [4.78, 5) is 0.354. The number of ether oxygens (including phenoxy) is 2. The standard InChI is InChI=1S/C18H28N2O4S/c1-2-15-5-7-18(8-6-15)25(21,22)20(16-4-3-9-19-12-16)13-17-14-23-10-11-24-17/h5-8,16-17,19H,2-4,9-14H2,1H3. The first kappa shape index (κ1) is 18.8. The topological polar surface area (TPSA) is 67.9 Å². The second-order valence-corrected chi connectivity index (χ2v) is 8.53. The summed E-state index contributed by atoms with van der Waals surface area (Å²) < 4.78 is 39.4. The summed E-state index contributed by atoms with van der Waals surface area (Å²) in [7, 11) is -3.57. The van der Waals surface area contributed by atoms with E-state index in [0.717, 1.165) is 31.4 Å². The zero-order chi connectivity index (χ0) is 17.7. The predicted molar refractivity (Wildman–Crippen MR) is 96.2 cm³/mol. The maximum Gasteiger partial charge on any atom is 0.243 e. The monoisotopic (exact) mass is 368 g/mol. The lowest BCUT2D eigenvalue weighted by Gasteiger charge is -2.36. The first-order valence-corrected chi connectivity index (χ1v) is 10.6. The molecule has 0 radical (unpaired) electrons. The van der Waals surface area contributed by atoms with Crippen molar-refractivity contribution in [3.05, 3.63) is 29.8 Å². The summed E-state index contributed by atoms with van der Waals surface area (Å²) in [6.07, 6.45) is 2.53. The second-order valence-electron chi connectivity index (χ2n) is 6.64.